The van der Waals surface area contributed by atoms with Gasteiger partial charge in [0.15, 0.2) is 5.11 Å². The number of carbonyl (C=O) groups excluding carboxylic acids is 1. The third-order valence-electron chi connectivity index (χ3n) is 3.90. The number of anilines is 1. The molecule has 10 heteroatoms. The van der Waals surface area contributed by atoms with Crippen LogP contribution in [0.5, 0.6) is 0 Å². The SMILES string of the molecule is CC(C)c1ccc(/C=C/C(=O)NC(=S)Nc2ccc(S(=O)(=O)N=C(N)N)cc2)cc1. The number of hydrogen-bond donors (Lipinski definition) is 4. The van der Waals surface area contributed by atoms with Gasteiger partial charge in [0.2, 0.25) is 11.9 Å². The van der Waals surface area contributed by atoms with Gasteiger partial charge in [0.25, 0.3) is 10.0 Å². The average Bonchev–Trinajstić information content (AvgIpc) is 2.66. The van der Waals surface area contributed by atoms with Gasteiger partial charge in [-0.05, 0) is 59.6 Å². The number of nitrogens with one attached hydrogen (secondary N) is 2. The van der Waals surface area contributed by atoms with Gasteiger partial charge in [0.05, 0.1) is 4.90 Å². The molecule has 0 atom stereocenters. The zero-order valence-electron chi connectivity index (χ0n) is 16.5. The van der Waals surface area contributed by atoms with E-state index in [9.17, 15) is 13.2 Å². The van der Waals surface area contributed by atoms with E-state index in [4.69, 9.17) is 23.7 Å². The third kappa shape index (κ3) is 6.98. The number of benzene rings is 2. The fourth-order valence-corrected chi connectivity index (χ4v) is 3.46. The molecule has 0 bridgehead atoms. The van der Waals surface area contributed by atoms with E-state index in [0.717, 1.165) is 5.56 Å². The number of sulfonamides is 1. The summed E-state index contributed by atoms with van der Waals surface area (Å²) < 4.78 is 27.0. The molecule has 0 saturated carbocycles. The molecule has 0 spiro atoms. The van der Waals surface area contributed by atoms with Gasteiger partial charge in [-0.2, -0.15) is 8.42 Å². The summed E-state index contributed by atoms with van der Waals surface area (Å²) in [4.78, 5) is 12.0. The maximum absolute atomic E-state index is 12.0. The van der Waals surface area contributed by atoms with E-state index in [1.54, 1.807) is 6.08 Å². The Labute approximate surface area is 181 Å². The third-order valence-corrected chi connectivity index (χ3v) is 5.43. The van der Waals surface area contributed by atoms with Crippen LogP contribution in [0.2, 0.25) is 0 Å². The van der Waals surface area contributed by atoms with Crippen molar-refractivity contribution in [2.75, 3.05) is 5.32 Å². The van der Waals surface area contributed by atoms with E-state index in [1.165, 1.54) is 35.9 Å². The predicted molar refractivity (Wildman–Crippen MR) is 123 cm³/mol. The van der Waals surface area contributed by atoms with Crippen LogP contribution in [0.25, 0.3) is 6.08 Å². The average molecular weight is 446 g/mol. The maximum atomic E-state index is 12.0. The molecule has 158 valence electrons. The van der Waals surface area contributed by atoms with Crippen molar-refractivity contribution in [3.63, 3.8) is 0 Å². The molecule has 0 radical (unpaired) electrons. The van der Waals surface area contributed by atoms with Gasteiger partial charge in [-0.3, -0.25) is 10.1 Å². The van der Waals surface area contributed by atoms with Gasteiger partial charge in [-0.1, -0.05) is 38.1 Å². The van der Waals surface area contributed by atoms with Crippen molar-refractivity contribution in [2.45, 2.75) is 24.7 Å². The van der Waals surface area contributed by atoms with Crippen LogP contribution in [0.4, 0.5) is 5.69 Å². The van der Waals surface area contributed by atoms with Gasteiger partial charge < -0.3 is 16.8 Å². The molecule has 0 fully saturated rings. The summed E-state index contributed by atoms with van der Waals surface area (Å²) in [5, 5.41) is 5.39. The van der Waals surface area contributed by atoms with E-state index < -0.39 is 21.9 Å². The second-order valence-corrected chi connectivity index (χ2v) is 8.63. The topological polar surface area (TPSA) is 140 Å². The summed E-state index contributed by atoms with van der Waals surface area (Å²) >= 11 is 5.10. The first-order valence-corrected chi connectivity index (χ1v) is 10.8. The van der Waals surface area contributed by atoms with Gasteiger partial charge >= 0.3 is 0 Å². The number of nitrogens with zero attached hydrogens (tertiary/aromatic N) is 1. The van der Waals surface area contributed by atoms with Crippen molar-refractivity contribution in [2.24, 2.45) is 15.9 Å². The molecule has 0 saturated heterocycles. The Morgan fingerprint density at radius 1 is 1.07 bits per heavy atom. The highest BCUT2D eigenvalue weighted by atomic mass is 32.2. The summed E-state index contributed by atoms with van der Waals surface area (Å²) in [6, 6.07) is 13.5. The number of thiocarbonyl (C=S) groups is 1. The molecule has 30 heavy (non-hydrogen) atoms. The second kappa shape index (κ2) is 9.99. The first kappa shape index (κ1) is 23.0. The van der Waals surface area contributed by atoms with Crippen LogP contribution >= 0.6 is 12.2 Å². The van der Waals surface area contributed by atoms with Gasteiger partial charge in [0.1, 0.15) is 0 Å². The standard InChI is InChI=1S/C20H23N5O3S2/c1-13(2)15-6-3-14(4-7-15)5-12-18(26)24-20(29)23-16-8-10-17(11-9-16)30(27,28)25-19(21)22/h3-13H,1-2H3,(H4,21,22,25)(H2,23,24,26,29)/b12-5+. The van der Waals surface area contributed by atoms with E-state index in [1.807, 2.05) is 24.3 Å². The van der Waals surface area contributed by atoms with Crippen LogP contribution in [0.15, 0.2) is 63.9 Å². The van der Waals surface area contributed by atoms with Crippen LogP contribution in [0.1, 0.15) is 30.9 Å². The zero-order chi connectivity index (χ0) is 22.3. The molecule has 0 aliphatic heterocycles. The summed E-state index contributed by atoms with van der Waals surface area (Å²) in [6.45, 7) is 4.23. The molecule has 0 unspecified atom stereocenters. The molecule has 0 heterocycles. The van der Waals surface area contributed by atoms with Crippen molar-refractivity contribution in [3.05, 3.63) is 65.7 Å². The number of rotatable bonds is 6. The minimum atomic E-state index is -3.97. The minimum Gasteiger partial charge on any atom is -0.369 e. The molecule has 8 nitrogen and oxygen atoms in total. The molecule has 2 rings (SSSR count). The van der Waals surface area contributed by atoms with E-state index in [-0.39, 0.29) is 10.0 Å². The van der Waals surface area contributed by atoms with Crippen molar-refractivity contribution in [1.29, 1.82) is 0 Å². The molecule has 1 amide bonds. The largest absolute Gasteiger partial charge is 0.369 e. The van der Waals surface area contributed by atoms with Crippen molar-refractivity contribution in [1.82, 2.24) is 5.32 Å². The molecule has 6 N–H and O–H groups in total. The summed E-state index contributed by atoms with van der Waals surface area (Å²) in [7, 11) is -3.97. The van der Waals surface area contributed by atoms with Crippen LogP contribution in [0.3, 0.4) is 0 Å². The lowest BCUT2D eigenvalue weighted by atomic mass is 10.0. The Bertz CT molecular complexity index is 1070. The molecule has 2 aromatic rings. The summed E-state index contributed by atoms with van der Waals surface area (Å²) in [5.74, 6) is -0.507. The highest BCUT2D eigenvalue weighted by Gasteiger charge is 2.13. The number of amides is 1. The summed E-state index contributed by atoms with van der Waals surface area (Å²) in [5.41, 5.74) is 12.8. The number of nitrogens with two attached hydrogens (primary N) is 2. The highest BCUT2D eigenvalue weighted by molar-refractivity contribution is 7.90. The minimum absolute atomic E-state index is 0.0691. The molecular weight excluding hydrogens is 422 g/mol. The van der Waals surface area contributed by atoms with Gasteiger partial charge in [0, 0.05) is 11.8 Å². The second-order valence-electron chi connectivity index (χ2n) is 6.61. The lowest BCUT2D eigenvalue weighted by Gasteiger charge is -2.08. The van der Waals surface area contributed by atoms with Crippen molar-refractivity contribution in [3.8, 4) is 0 Å². The fraction of sp³-hybridized carbons (Fsp3) is 0.150. The van der Waals surface area contributed by atoms with Crippen LogP contribution in [-0.2, 0) is 14.8 Å². The van der Waals surface area contributed by atoms with E-state index in [0.29, 0.717) is 11.6 Å². The van der Waals surface area contributed by atoms with Crippen molar-refractivity contribution < 1.29 is 13.2 Å². The Morgan fingerprint density at radius 3 is 2.20 bits per heavy atom. The van der Waals surface area contributed by atoms with E-state index >= 15 is 0 Å². The number of carbonyl (C=O) groups is 1. The first-order chi connectivity index (χ1) is 14.1. The zero-order valence-corrected chi connectivity index (χ0v) is 18.1. The quantitative estimate of drug-likeness (QED) is 0.231. The van der Waals surface area contributed by atoms with Crippen LogP contribution in [-0.4, -0.2) is 25.4 Å². The smallest absolute Gasteiger partial charge is 0.285 e. The Balaban J connectivity index is 1.93. The van der Waals surface area contributed by atoms with Gasteiger partial charge in [-0.25, -0.2) is 0 Å². The molecular formula is C20H23N5O3S2. The lowest BCUT2D eigenvalue weighted by Crippen LogP contribution is -2.32. The van der Waals surface area contributed by atoms with Crippen LogP contribution in [0, 0.1) is 0 Å². The molecule has 0 aliphatic rings. The molecule has 2 aromatic carbocycles. The normalized spacial score (nSPS) is 11.3. The Morgan fingerprint density at radius 2 is 1.67 bits per heavy atom. The lowest BCUT2D eigenvalue weighted by molar-refractivity contribution is -0.115. The molecule has 0 aromatic heterocycles. The maximum Gasteiger partial charge on any atom is 0.285 e. The highest BCUT2D eigenvalue weighted by Crippen LogP contribution is 2.16. The predicted octanol–water partition coefficient (Wildman–Crippen LogP) is 2.30. The monoisotopic (exact) mass is 445 g/mol. The number of guanidine groups is 1. The van der Waals surface area contributed by atoms with Gasteiger partial charge in [-0.15, -0.1) is 4.40 Å². The van der Waals surface area contributed by atoms with Crippen LogP contribution < -0.4 is 22.1 Å². The Hall–Kier alpha value is -3.24. The summed E-state index contributed by atoms with van der Waals surface area (Å²) in [6.07, 6.45) is 3.06. The fourth-order valence-electron chi connectivity index (χ4n) is 2.38. The van der Waals surface area contributed by atoms with E-state index in [2.05, 4.69) is 28.9 Å². The Kier molecular flexibility index (Phi) is 7.67. The first-order valence-electron chi connectivity index (χ1n) is 8.93. The molecule has 0 aliphatic carbocycles. The number of hydrogen-bond acceptors (Lipinski definition) is 4. The van der Waals surface area contributed by atoms with Crippen molar-refractivity contribution >= 4 is 51.0 Å².